The van der Waals surface area contributed by atoms with Crippen LogP contribution in [0.2, 0.25) is 0 Å². The van der Waals surface area contributed by atoms with E-state index in [2.05, 4.69) is 47.3 Å². The molecule has 0 aromatic carbocycles. The molecule has 2 aliphatic rings. The first-order valence-electron chi connectivity index (χ1n) is 10.8. The monoisotopic (exact) mass is 519 g/mol. The third-order valence-electron chi connectivity index (χ3n) is 5.76. The van der Waals surface area contributed by atoms with E-state index in [9.17, 15) is 0 Å². The predicted octanol–water partition coefficient (Wildman–Crippen LogP) is 2.70. The first-order valence-corrected chi connectivity index (χ1v) is 10.8. The summed E-state index contributed by atoms with van der Waals surface area (Å²) in [6.45, 7) is 13.9. The second-order valence-corrected chi connectivity index (χ2v) is 7.89. The standard InChI is InChI=1S/C21H37N5O2.HI/c1-4-22-21(23-14-17(2)26-11-13-27-16-18(26)3)24-15-19(20-8-7-12-28-20)25-9-5-6-10-25;/h7-8,12,17-19H,4-6,9-11,13-16H2,1-3H3,(H2,22,23,24);1H. The zero-order valence-corrected chi connectivity index (χ0v) is 20.4. The van der Waals surface area contributed by atoms with Crippen LogP contribution in [0.5, 0.6) is 0 Å². The van der Waals surface area contributed by atoms with Gasteiger partial charge in [-0.25, -0.2) is 0 Å². The summed E-state index contributed by atoms with van der Waals surface area (Å²) in [5.41, 5.74) is 0. The number of nitrogens with zero attached hydrogens (tertiary/aromatic N) is 3. The molecule has 3 rings (SSSR count). The van der Waals surface area contributed by atoms with Gasteiger partial charge in [0.2, 0.25) is 0 Å². The normalized spacial score (nSPS) is 23.4. The molecule has 1 aromatic rings. The van der Waals surface area contributed by atoms with Gasteiger partial charge < -0.3 is 19.8 Å². The average Bonchev–Trinajstić information content (AvgIpc) is 3.41. The van der Waals surface area contributed by atoms with E-state index in [0.717, 1.165) is 64.2 Å². The molecule has 2 N–H and O–H groups in total. The molecule has 3 heterocycles. The first kappa shape index (κ1) is 24.4. The van der Waals surface area contributed by atoms with Crippen molar-refractivity contribution in [2.75, 3.05) is 52.5 Å². The molecule has 166 valence electrons. The van der Waals surface area contributed by atoms with Crippen LogP contribution in [0.3, 0.4) is 0 Å². The fourth-order valence-corrected chi connectivity index (χ4v) is 4.20. The molecule has 0 aliphatic carbocycles. The van der Waals surface area contributed by atoms with E-state index in [4.69, 9.17) is 14.1 Å². The summed E-state index contributed by atoms with van der Waals surface area (Å²) in [5.74, 6) is 1.91. The predicted molar refractivity (Wildman–Crippen MR) is 128 cm³/mol. The minimum Gasteiger partial charge on any atom is -0.468 e. The van der Waals surface area contributed by atoms with Gasteiger partial charge in [-0.15, -0.1) is 24.0 Å². The Labute approximate surface area is 192 Å². The Balaban J connectivity index is 0.00000300. The largest absolute Gasteiger partial charge is 0.468 e. The SMILES string of the molecule is CCNC(=NCC(C)N1CCOCC1C)NCC(c1ccco1)N1CCCC1.I. The van der Waals surface area contributed by atoms with Crippen molar-refractivity contribution in [2.24, 2.45) is 4.99 Å². The number of aliphatic imine (C=N–C) groups is 1. The Morgan fingerprint density at radius 2 is 2.07 bits per heavy atom. The van der Waals surface area contributed by atoms with Crippen LogP contribution in [-0.4, -0.2) is 80.3 Å². The van der Waals surface area contributed by atoms with Crippen molar-refractivity contribution >= 4 is 29.9 Å². The highest BCUT2D eigenvalue weighted by molar-refractivity contribution is 14.0. The average molecular weight is 519 g/mol. The van der Waals surface area contributed by atoms with Crippen molar-refractivity contribution < 1.29 is 9.15 Å². The fraction of sp³-hybridized carbons (Fsp3) is 0.762. The van der Waals surface area contributed by atoms with E-state index < -0.39 is 0 Å². The number of rotatable bonds is 8. The number of morpholine rings is 1. The Hall–Kier alpha value is -0.840. The van der Waals surface area contributed by atoms with Crippen LogP contribution < -0.4 is 10.6 Å². The minimum atomic E-state index is 0. The van der Waals surface area contributed by atoms with Crippen LogP contribution in [0.1, 0.15) is 45.4 Å². The molecule has 2 saturated heterocycles. The third kappa shape index (κ3) is 7.11. The number of hydrogen-bond acceptors (Lipinski definition) is 5. The van der Waals surface area contributed by atoms with Gasteiger partial charge in [-0.05, 0) is 58.8 Å². The Kier molecular flexibility index (Phi) is 10.8. The van der Waals surface area contributed by atoms with Crippen molar-refractivity contribution in [3.8, 4) is 0 Å². The molecule has 0 radical (unpaired) electrons. The number of likely N-dealkylation sites (tertiary alicyclic amines) is 1. The highest BCUT2D eigenvalue weighted by atomic mass is 127. The molecular weight excluding hydrogens is 481 g/mol. The summed E-state index contributed by atoms with van der Waals surface area (Å²) < 4.78 is 11.3. The van der Waals surface area contributed by atoms with Crippen LogP contribution in [-0.2, 0) is 4.74 Å². The molecule has 0 amide bonds. The Morgan fingerprint density at radius 3 is 2.72 bits per heavy atom. The van der Waals surface area contributed by atoms with Gasteiger partial charge >= 0.3 is 0 Å². The van der Waals surface area contributed by atoms with E-state index in [1.54, 1.807) is 6.26 Å². The molecule has 0 spiro atoms. The van der Waals surface area contributed by atoms with Gasteiger partial charge in [-0.2, -0.15) is 0 Å². The second-order valence-electron chi connectivity index (χ2n) is 7.89. The maximum Gasteiger partial charge on any atom is 0.191 e. The van der Waals surface area contributed by atoms with Gasteiger partial charge in [0.15, 0.2) is 5.96 Å². The molecule has 7 nitrogen and oxygen atoms in total. The van der Waals surface area contributed by atoms with E-state index in [-0.39, 0.29) is 30.0 Å². The smallest absolute Gasteiger partial charge is 0.191 e. The van der Waals surface area contributed by atoms with Crippen LogP contribution in [0, 0.1) is 0 Å². The van der Waals surface area contributed by atoms with E-state index >= 15 is 0 Å². The molecular formula is C21H38IN5O2. The van der Waals surface area contributed by atoms with Crippen molar-refractivity contribution in [1.82, 2.24) is 20.4 Å². The zero-order chi connectivity index (χ0) is 19.8. The van der Waals surface area contributed by atoms with Crippen molar-refractivity contribution in [2.45, 2.75) is 51.7 Å². The topological polar surface area (TPSA) is 65.3 Å². The molecule has 1 aromatic heterocycles. The summed E-state index contributed by atoms with van der Waals surface area (Å²) >= 11 is 0. The van der Waals surface area contributed by atoms with Gasteiger partial charge in [0.25, 0.3) is 0 Å². The van der Waals surface area contributed by atoms with Gasteiger partial charge in [0.05, 0.1) is 32.1 Å². The number of nitrogens with one attached hydrogen (secondary N) is 2. The van der Waals surface area contributed by atoms with Gasteiger partial charge in [-0.1, -0.05) is 0 Å². The fourth-order valence-electron chi connectivity index (χ4n) is 4.20. The van der Waals surface area contributed by atoms with Crippen LogP contribution in [0.25, 0.3) is 0 Å². The summed E-state index contributed by atoms with van der Waals surface area (Å²) in [5, 5.41) is 6.94. The molecule has 0 bridgehead atoms. The van der Waals surface area contributed by atoms with Crippen LogP contribution in [0.4, 0.5) is 0 Å². The Bertz CT molecular complexity index is 592. The lowest BCUT2D eigenvalue weighted by atomic mass is 10.2. The first-order chi connectivity index (χ1) is 13.7. The highest BCUT2D eigenvalue weighted by Gasteiger charge is 2.26. The molecule has 0 saturated carbocycles. The van der Waals surface area contributed by atoms with Crippen LogP contribution in [0.15, 0.2) is 27.8 Å². The number of halogens is 1. The van der Waals surface area contributed by atoms with Crippen molar-refractivity contribution in [3.63, 3.8) is 0 Å². The van der Waals surface area contributed by atoms with Crippen molar-refractivity contribution in [1.29, 1.82) is 0 Å². The third-order valence-corrected chi connectivity index (χ3v) is 5.76. The summed E-state index contributed by atoms with van der Waals surface area (Å²) in [7, 11) is 0. The molecule has 8 heteroatoms. The lowest BCUT2D eigenvalue weighted by Crippen LogP contribution is -2.50. The summed E-state index contributed by atoms with van der Waals surface area (Å²) in [6.07, 6.45) is 4.30. The summed E-state index contributed by atoms with van der Waals surface area (Å²) in [6, 6.07) is 5.15. The van der Waals surface area contributed by atoms with Gasteiger partial charge in [0, 0.05) is 31.7 Å². The lowest BCUT2D eigenvalue weighted by molar-refractivity contribution is -0.0165. The quantitative estimate of drug-likeness (QED) is 0.313. The van der Waals surface area contributed by atoms with Gasteiger partial charge in [0.1, 0.15) is 5.76 Å². The van der Waals surface area contributed by atoms with Gasteiger partial charge in [-0.3, -0.25) is 14.8 Å². The Morgan fingerprint density at radius 1 is 1.28 bits per heavy atom. The minimum absolute atomic E-state index is 0. The van der Waals surface area contributed by atoms with Crippen molar-refractivity contribution in [3.05, 3.63) is 24.2 Å². The zero-order valence-electron chi connectivity index (χ0n) is 18.1. The number of hydrogen-bond donors (Lipinski definition) is 2. The summed E-state index contributed by atoms with van der Waals surface area (Å²) in [4.78, 5) is 9.87. The maximum absolute atomic E-state index is 5.73. The lowest BCUT2D eigenvalue weighted by Gasteiger charge is -2.37. The molecule has 29 heavy (non-hydrogen) atoms. The molecule has 2 aliphatic heterocycles. The number of ether oxygens (including phenoxy) is 1. The second kappa shape index (κ2) is 12.8. The van der Waals surface area contributed by atoms with Crippen LogP contribution >= 0.6 is 24.0 Å². The molecule has 3 atom stereocenters. The number of furan rings is 1. The van der Waals surface area contributed by atoms with E-state index in [1.807, 2.05) is 6.07 Å². The molecule has 2 fully saturated rings. The van der Waals surface area contributed by atoms with E-state index in [1.165, 1.54) is 12.8 Å². The maximum atomic E-state index is 5.73. The number of guanidine groups is 1. The highest BCUT2D eigenvalue weighted by Crippen LogP contribution is 2.24. The van der Waals surface area contributed by atoms with E-state index in [0.29, 0.717) is 12.1 Å². The molecule has 3 unspecified atom stereocenters.